The molecule has 18 heavy (non-hydrogen) atoms. The van der Waals surface area contributed by atoms with E-state index in [1.165, 1.54) is 30.6 Å². The van der Waals surface area contributed by atoms with Gasteiger partial charge >= 0.3 is 0 Å². The minimum atomic E-state index is 0.413. The van der Waals surface area contributed by atoms with Crippen molar-refractivity contribution in [1.82, 2.24) is 14.8 Å². The fourth-order valence-corrected chi connectivity index (χ4v) is 3.25. The van der Waals surface area contributed by atoms with Gasteiger partial charge in [0, 0.05) is 30.4 Å². The highest BCUT2D eigenvalue weighted by Crippen LogP contribution is 2.36. The molecule has 0 unspecified atom stereocenters. The van der Waals surface area contributed by atoms with E-state index in [0.29, 0.717) is 10.7 Å². The Morgan fingerprint density at radius 3 is 2.56 bits per heavy atom. The summed E-state index contributed by atoms with van der Waals surface area (Å²) in [6.07, 6.45) is 5.02. The van der Waals surface area contributed by atoms with Gasteiger partial charge in [-0.3, -0.25) is 0 Å². The summed E-state index contributed by atoms with van der Waals surface area (Å²) in [6, 6.07) is 0. The average molecular weight is 268 g/mol. The molecule has 0 amide bonds. The molecular weight excluding hydrogens is 244 g/mol. The van der Waals surface area contributed by atoms with E-state index in [4.69, 9.17) is 5.73 Å². The van der Waals surface area contributed by atoms with Crippen LogP contribution in [0.4, 0.5) is 5.13 Å². The number of nitrogens with two attached hydrogens (primary N) is 1. The third-order valence-corrected chi connectivity index (χ3v) is 4.84. The van der Waals surface area contributed by atoms with Crippen LogP contribution in [-0.4, -0.2) is 54.6 Å². The van der Waals surface area contributed by atoms with Gasteiger partial charge in [0.05, 0.1) is 5.69 Å². The molecule has 0 radical (unpaired) electrons. The zero-order valence-electron chi connectivity index (χ0n) is 11.6. The molecule has 5 heteroatoms. The van der Waals surface area contributed by atoms with Crippen molar-refractivity contribution in [2.45, 2.75) is 31.2 Å². The van der Waals surface area contributed by atoms with E-state index < -0.39 is 0 Å². The van der Waals surface area contributed by atoms with Crippen molar-refractivity contribution >= 4 is 16.5 Å². The molecular formula is C13H24N4S. The van der Waals surface area contributed by atoms with E-state index in [1.807, 2.05) is 0 Å². The topological polar surface area (TPSA) is 45.4 Å². The standard InChI is InChI=1S/C13H24N4S/c1-16(2)13(6-4-7-13)10-17(3)8-5-11-9-18-12(14)15-11/h9H,4-8,10H2,1-3H3,(H2,14,15). The third-order valence-electron chi connectivity index (χ3n) is 4.12. The third kappa shape index (κ3) is 3.02. The SMILES string of the molecule is CN(CCc1csc(N)n1)CC1(N(C)C)CCC1. The van der Waals surface area contributed by atoms with Gasteiger partial charge in [-0.25, -0.2) is 4.98 Å². The van der Waals surface area contributed by atoms with Gasteiger partial charge < -0.3 is 15.5 Å². The van der Waals surface area contributed by atoms with Crippen LogP contribution in [0.2, 0.25) is 0 Å². The van der Waals surface area contributed by atoms with Gasteiger partial charge in [0.2, 0.25) is 0 Å². The normalized spacial score (nSPS) is 18.3. The Morgan fingerprint density at radius 2 is 2.11 bits per heavy atom. The molecule has 2 rings (SSSR count). The summed E-state index contributed by atoms with van der Waals surface area (Å²) >= 11 is 1.53. The number of thiazole rings is 1. The molecule has 1 aromatic rings. The van der Waals surface area contributed by atoms with Crippen molar-refractivity contribution < 1.29 is 0 Å². The number of hydrogen-bond acceptors (Lipinski definition) is 5. The molecule has 102 valence electrons. The lowest BCUT2D eigenvalue weighted by atomic mass is 9.75. The van der Waals surface area contributed by atoms with Crippen molar-refractivity contribution in [3.05, 3.63) is 11.1 Å². The van der Waals surface area contributed by atoms with E-state index in [-0.39, 0.29) is 0 Å². The second kappa shape index (κ2) is 5.55. The predicted octanol–water partition coefficient (Wildman–Crippen LogP) is 1.68. The van der Waals surface area contributed by atoms with Crippen molar-refractivity contribution in [2.24, 2.45) is 0 Å². The molecule has 1 aliphatic carbocycles. The van der Waals surface area contributed by atoms with Crippen molar-refractivity contribution in [3.63, 3.8) is 0 Å². The second-order valence-electron chi connectivity index (χ2n) is 5.64. The molecule has 0 bridgehead atoms. The Labute approximate surface area is 114 Å². The number of nitrogens with zero attached hydrogens (tertiary/aromatic N) is 3. The summed E-state index contributed by atoms with van der Waals surface area (Å²) < 4.78 is 0. The van der Waals surface area contributed by atoms with Crippen molar-refractivity contribution in [2.75, 3.05) is 40.0 Å². The highest BCUT2D eigenvalue weighted by atomic mass is 32.1. The molecule has 1 heterocycles. The Hall–Kier alpha value is -0.650. The summed E-state index contributed by atoms with van der Waals surface area (Å²) in [5.41, 5.74) is 7.18. The summed E-state index contributed by atoms with van der Waals surface area (Å²) in [4.78, 5) is 9.13. The van der Waals surface area contributed by atoms with E-state index >= 15 is 0 Å². The number of rotatable bonds is 6. The molecule has 0 saturated heterocycles. The van der Waals surface area contributed by atoms with Crippen LogP contribution in [0, 0.1) is 0 Å². The first-order valence-electron chi connectivity index (χ1n) is 6.58. The van der Waals surface area contributed by atoms with Gasteiger partial charge in [-0.05, 0) is 40.4 Å². The molecule has 1 aliphatic rings. The van der Waals surface area contributed by atoms with Gasteiger partial charge in [-0.2, -0.15) is 0 Å². The van der Waals surface area contributed by atoms with E-state index in [9.17, 15) is 0 Å². The maximum absolute atomic E-state index is 5.64. The predicted molar refractivity (Wildman–Crippen MR) is 78.0 cm³/mol. The lowest BCUT2D eigenvalue weighted by Crippen LogP contribution is -2.56. The smallest absolute Gasteiger partial charge is 0.180 e. The number of hydrogen-bond donors (Lipinski definition) is 1. The van der Waals surface area contributed by atoms with Crippen LogP contribution in [0.25, 0.3) is 0 Å². The van der Waals surface area contributed by atoms with Crippen LogP contribution in [0.5, 0.6) is 0 Å². The van der Waals surface area contributed by atoms with Crippen molar-refractivity contribution in [3.8, 4) is 0 Å². The van der Waals surface area contributed by atoms with Crippen LogP contribution < -0.4 is 5.73 Å². The summed E-state index contributed by atoms with van der Waals surface area (Å²) in [6.45, 7) is 2.21. The molecule has 0 spiro atoms. The van der Waals surface area contributed by atoms with E-state index in [0.717, 1.165) is 25.2 Å². The first kappa shape index (κ1) is 13.8. The van der Waals surface area contributed by atoms with Gasteiger partial charge in [-0.15, -0.1) is 11.3 Å². The summed E-state index contributed by atoms with van der Waals surface area (Å²) in [5.74, 6) is 0. The Balaban J connectivity index is 1.80. The molecule has 4 nitrogen and oxygen atoms in total. The van der Waals surface area contributed by atoms with Crippen LogP contribution >= 0.6 is 11.3 Å². The molecule has 1 fully saturated rings. The Bertz CT molecular complexity index is 384. The number of likely N-dealkylation sites (N-methyl/N-ethyl adjacent to an activating group) is 2. The molecule has 0 aliphatic heterocycles. The molecule has 2 N–H and O–H groups in total. The molecule has 0 aromatic carbocycles. The van der Waals surface area contributed by atoms with E-state index in [2.05, 4.69) is 41.3 Å². The van der Waals surface area contributed by atoms with Gasteiger partial charge in [0.25, 0.3) is 0 Å². The number of nitrogen functional groups attached to an aromatic ring is 1. The number of anilines is 1. The van der Waals surface area contributed by atoms with Crippen LogP contribution in [0.1, 0.15) is 25.0 Å². The van der Waals surface area contributed by atoms with Crippen LogP contribution in [-0.2, 0) is 6.42 Å². The molecule has 0 atom stereocenters. The second-order valence-corrected chi connectivity index (χ2v) is 6.53. The van der Waals surface area contributed by atoms with Gasteiger partial charge in [-0.1, -0.05) is 0 Å². The first-order valence-corrected chi connectivity index (χ1v) is 7.46. The quantitative estimate of drug-likeness (QED) is 0.853. The Kier molecular flexibility index (Phi) is 4.25. The molecule has 1 aromatic heterocycles. The monoisotopic (exact) mass is 268 g/mol. The van der Waals surface area contributed by atoms with Crippen LogP contribution in [0.15, 0.2) is 5.38 Å². The zero-order chi connectivity index (χ0) is 13.2. The fourth-order valence-electron chi connectivity index (χ4n) is 2.66. The molecule has 1 saturated carbocycles. The summed E-state index contributed by atoms with van der Waals surface area (Å²) in [7, 11) is 6.61. The van der Waals surface area contributed by atoms with E-state index in [1.54, 1.807) is 0 Å². The zero-order valence-corrected chi connectivity index (χ0v) is 12.5. The highest BCUT2D eigenvalue weighted by Gasteiger charge is 2.39. The van der Waals surface area contributed by atoms with Crippen molar-refractivity contribution in [1.29, 1.82) is 0 Å². The lowest BCUT2D eigenvalue weighted by Gasteiger charge is -2.49. The highest BCUT2D eigenvalue weighted by molar-refractivity contribution is 7.13. The average Bonchev–Trinajstić information content (AvgIpc) is 2.66. The maximum atomic E-state index is 5.64. The largest absolute Gasteiger partial charge is 0.375 e. The van der Waals surface area contributed by atoms with Gasteiger partial charge in [0.15, 0.2) is 5.13 Å². The first-order chi connectivity index (χ1) is 8.52. The van der Waals surface area contributed by atoms with Gasteiger partial charge in [0.1, 0.15) is 0 Å². The van der Waals surface area contributed by atoms with Crippen LogP contribution in [0.3, 0.4) is 0 Å². The Morgan fingerprint density at radius 1 is 1.39 bits per heavy atom. The minimum absolute atomic E-state index is 0.413. The maximum Gasteiger partial charge on any atom is 0.180 e. The lowest BCUT2D eigenvalue weighted by molar-refractivity contribution is 0.0281. The summed E-state index contributed by atoms with van der Waals surface area (Å²) in [5, 5.41) is 2.74. The fraction of sp³-hybridized carbons (Fsp3) is 0.769. The minimum Gasteiger partial charge on any atom is -0.375 e. The number of aromatic nitrogens is 1.